The van der Waals surface area contributed by atoms with Gasteiger partial charge in [-0.2, -0.15) is 0 Å². The van der Waals surface area contributed by atoms with Gasteiger partial charge < -0.3 is 4.79 Å². The maximum atomic E-state index is 9.77. The normalized spacial score (nSPS) is 9.78. The fraction of sp³-hybridized carbons (Fsp3) is 0.375. The van der Waals surface area contributed by atoms with E-state index >= 15 is 0 Å². The summed E-state index contributed by atoms with van der Waals surface area (Å²) in [7, 11) is 0. The third kappa shape index (κ3) is 7.15. The van der Waals surface area contributed by atoms with Gasteiger partial charge in [-0.1, -0.05) is 18.2 Å². The fourth-order valence-electron chi connectivity index (χ4n) is 0.484. The van der Waals surface area contributed by atoms with Crippen molar-refractivity contribution in [2.75, 3.05) is 0 Å². The molecule has 0 aliphatic carbocycles. The van der Waals surface area contributed by atoms with Crippen molar-refractivity contribution < 1.29 is 4.79 Å². The molecule has 1 heteroatoms. The lowest BCUT2D eigenvalue weighted by molar-refractivity contribution is -0.107. The van der Waals surface area contributed by atoms with Crippen molar-refractivity contribution in [1.82, 2.24) is 0 Å². The molecule has 0 heterocycles. The monoisotopic (exact) mass is 124 g/mol. The largest absolute Gasteiger partial charge is 0.303 e. The summed E-state index contributed by atoms with van der Waals surface area (Å²) in [5.74, 6) is 0. The van der Waals surface area contributed by atoms with Crippen LogP contribution in [0.2, 0.25) is 0 Å². The Kier molecular flexibility index (Phi) is 6.47. The van der Waals surface area contributed by atoms with Crippen LogP contribution in [0.15, 0.2) is 24.8 Å². The van der Waals surface area contributed by atoms with Crippen LogP contribution in [0.25, 0.3) is 0 Å². The van der Waals surface area contributed by atoms with Crippen LogP contribution >= 0.6 is 0 Å². The topological polar surface area (TPSA) is 17.1 Å². The number of hydrogen-bond donors (Lipinski definition) is 0. The van der Waals surface area contributed by atoms with Crippen LogP contribution in [0.5, 0.6) is 0 Å². The predicted octanol–water partition coefficient (Wildman–Crippen LogP) is 2.10. The Hall–Kier alpha value is -0.850. The van der Waals surface area contributed by atoms with Gasteiger partial charge in [0.05, 0.1) is 0 Å². The van der Waals surface area contributed by atoms with E-state index in [9.17, 15) is 4.79 Å². The zero-order chi connectivity index (χ0) is 6.95. The molecular weight excluding hydrogens is 112 g/mol. The van der Waals surface area contributed by atoms with Crippen molar-refractivity contribution in [3.63, 3.8) is 0 Å². The van der Waals surface area contributed by atoms with E-state index in [0.29, 0.717) is 6.42 Å². The summed E-state index contributed by atoms with van der Waals surface area (Å²) in [6, 6.07) is 0. The average Bonchev–Trinajstić information content (AvgIpc) is 1.89. The average molecular weight is 124 g/mol. The maximum Gasteiger partial charge on any atom is 0.123 e. The molecule has 9 heavy (non-hydrogen) atoms. The van der Waals surface area contributed by atoms with Gasteiger partial charge in [0, 0.05) is 6.42 Å². The predicted molar refractivity (Wildman–Crippen MR) is 39.3 cm³/mol. The molecule has 0 amide bonds. The zero-order valence-electron chi connectivity index (χ0n) is 5.55. The molecule has 0 atom stereocenters. The highest BCUT2D eigenvalue weighted by molar-refractivity contribution is 5.51. The molecule has 0 bridgehead atoms. The van der Waals surface area contributed by atoms with Gasteiger partial charge in [-0.3, -0.25) is 0 Å². The molecule has 0 fully saturated rings. The Bertz CT molecular complexity index is 103. The van der Waals surface area contributed by atoms with Gasteiger partial charge in [0.25, 0.3) is 0 Å². The van der Waals surface area contributed by atoms with Crippen LogP contribution in [0.1, 0.15) is 19.3 Å². The number of allylic oxidation sites excluding steroid dienone is 3. The SMILES string of the molecule is C=CCC/C=C/CC=O. The van der Waals surface area contributed by atoms with Crippen LogP contribution in [-0.4, -0.2) is 6.29 Å². The van der Waals surface area contributed by atoms with Gasteiger partial charge in [0.15, 0.2) is 0 Å². The minimum Gasteiger partial charge on any atom is -0.303 e. The molecule has 0 rings (SSSR count). The van der Waals surface area contributed by atoms with Crippen molar-refractivity contribution in [3.05, 3.63) is 24.8 Å². The minimum absolute atomic E-state index is 0.539. The maximum absolute atomic E-state index is 9.77. The molecule has 0 aromatic carbocycles. The number of rotatable bonds is 5. The highest BCUT2D eigenvalue weighted by Gasteiger charge is 1.73. The first-order valence-corrected chi connectivity index (χ1v) is 3.11. The highest BCUT2D eigenvalue weighted by atomic mass is 16.1. The Morgan fingerprint density at radius 2 is 2.00 bits per heavy atom. The minimum atomic E-state index is 0.539. The Balaban J connectivity index is 3.03. The van der Waals surface area contributed by atoms with E-state index in [0.717, 1.165) is 19.1 Å². The van der Waals surface area contributed by atoms with Crippen LogP contribution in [0.3, 0.4) is 0 Å². The lowest BCUT2D eigenvalue weighted by Gasteiger charge is -1.81. The molecule has 50 valence electrons. The molecule has 0 aliphatic rings. The van der Waals surface area contributed by atoms with Gasteiger partial charge >= 0.3 is 0 Å². The van der Waals surface area contributed by atoms with E-state index in [4.69, 9.17) is 0 Å². The summed E-state index contributed by atoms with van der Waals surface area (Å²) in [6.45, 7) is 3.58. The number of carbonyl (C=O) groups excluding carboxylic acids is 1. The molecule has 0 aliphatic heterocycles. The molecule has 0 saturated heterocycles. The van der Waals surface area contributed by atoms with Crippen molar-refractivity contribution in [3.8, 4) is 0 Å². The molecule has 0 aromatic heterocycles. The van der Waals surface area contributed by atoms with E-state index in [1.807, 2.05) is 18.2 Å². The van der Waals surface area contributed by atoms with Crippen molar-refractivity contribution in [1.29, 1.82) is 0 Å². The second-order valence-electron chi connectivity index (χ2n) is 1.74. The van der Waals surface area contributed by atoms with E-state index < -0.39 is 0 Å². The molecule has 1 nitrogen and oxygen atoms in total. The summed E-state index contributed by atoms with van der Waals surface area (Å²) >= 11 is 0. The molecule has 0 spiro atoms. The summed E-state index contributed by atoms with van der Waals surface area (Å²) < 4.78 is 0. The van der Waals surface area contributed by atoms with Gasteiger partial charge in [-0.15, -0.1) is 6.58 Å². The first-order valence-electron chi connectivity index (χ1n) is 3.11. The van der Waals surface area contributed by atoms with Crippen LogP contribution in [0, 0.1) is 0 Å². The van der Waals surface area contributed by atoms with E-state index in [-0.39, 0.29) is 0 Å². The summed E-state index contributed by atoms with van der Waals surface area (Å²) in [5, 5.41) is 0. The molecular formula is C8H12O. The van der Waals surface area contributed by atoms with Gasteiger partial charge in [0.1, 0.15) is 6.29 Å². The second-order valence-corrected chi connectivity index (χ2v) is 1.74. The quantitative estimate of drug-likeness (QED) is 0.311. The van der Waals surface area contributed by atoms with E-state index in [2.05, 4.69) is 6.58 Å². The fourth-order valence-corrected chi connectivity index (χ4v) is 0.484. The standard InChI is InChI=1S/C8H12O/c1-2-3-4-5-6-7-8-9/h2,5-6,8H,1,3-4,7H2/b6-5+. The smallest absolute Gasteiger partial charge is 0.123 e. The van der Waals surface area contributed by atoms with E-state index in [1.165, 1.54) is 0 Å². The molecule has 0 saturated carbocycles. The van der Waals surface area contributed by atoms with E-state index in [1.54, 1.807) is 0 Å². The Morgan fingerprint density at radius 3 is 2.56 bits per heavy atom. The third-order valence-electron chi connectivity index (χ3n) is 0.936. The number of hydrogen-bond acceptors (Lipinski definition) is 1. The number of carbonyl (C=O) groups is 1. The highest BCUT2D eigenvalue weighted by Crippen LogP contribution is 1.91. The van der Waals surface area contributed by atoms with Gasteiger partial charge in [-0.05, 0) is 12.8 Å². The molecule has 0 aromatic rings. The van der Waals surface area contributed by atoms with Crippen LogP contribution < -0.4 is 0 Å². The summed E-state index contributed by atoms with van der Waals surface area (Å²) in [5.41, 5.74) is 0. The lowest BCUT2D eigenvalue weighted by Crippen LogP contribution is -1.66. The van der Waals surface area contributed by atoms with Crippen molar-refractivity contribution in [2.45, 2.75) is 19.3 Å². The third-order valence-corrected chi connectivity index (χ3v) is 0.936. The van der Waals surface area contributed by atoms with Crippen molar-refractivity contribution in [2.24, 2.45) is 0 Å². The van der Waals surface area contributed by atoms with Crippen LogP contribution in [-0.2, 0) is 4.79 Å². The molecule has 0 N–H and O–H groups in total. The first kappa shape index (κ1) is 8.15. The van der Waals surface area contributed by atoms with Gasteiger partial charge in [0.2, 0.25) is 0 Å². The van der Waals surface area contributed by atoms with Crippen molar-refractivity contribution >= 4 is 6.29 Å². The lowest BCUT2D eigenvalue weighted by atomic mass is 10.3. The molecule has 0 radical (unpaired) electrons. The molecule has 0 unspecified atom stereocenters. The number of unbranched alkanes of at least 4 members (excludes halogenated alkanes) is 1. The summed E-state index contributed by atoms with van der Waals surface area (Å²) in [6.07, 6.45) is 9.16. The second kappa shape index (κ2) is 7.15. The Labute approximate surface area is 56.1 Å². The van der Waals surface area contributed by atoms with Gasteiger partial charge in [-0.25, -0.2) is 0 Å². The first-order chi connectivity index (χ1) is 4.41. The zero-order valence-corrected chi connectivity index (χ0v) is 5.55. The number of aldehydes is 1. The Morgan fingerprint density at radius 1 is 1.22 bits per heavy atom. The summed E-state index contributed by atoms with van der Waals surface area (Å²) in [4.78, 5) is 9.77. The van der Waals surface area contributed by atoms with Crippen LogP contribution in [0.4, 0.5) is 0 Å².